The average molecular weight is 437 g/mol. The van der Waals surface area contributed by atoms with Gasteiger partial charge in [-0.25, -0.2) is 0 Å². The second-order valence-electron chi connectivity index (χ2n) is 9.21. The summed E-state index contributed by atoms with van der Waals surface area (Å²) >= 11 is 0. The van der Waals surface area contributed by atoms with Crippen LogP contribution >= 0.6 is 0 Å². The van der Waals surface area contributed by atoms with Crippen LogP contribution < -0.4 is 24.8 Å². The highest BCUT2D eigenvalue weighted by Gasteiger charge is 2.35. The van der Waals surface area contributed by atoms with Crippen molar-refractivity contribution in [1.82, 2.24) is 0 Å². The molecule has 0 amide bonds. The van der Waals surface area contributed by atoms with Gasteiger partial charge >= 0.3 is 0 Å². The van der Waals surface area contributed by atoms with Crippen LogP contribution in [0.4, 0.5) is 0 Å². The van der Waals surface area contributed by atoms with Crippen LogP contribution in [0.3, 0.4) is 0 Å². The molecule has 0 radical (unpaired) electrons. The molecule has 0 aliphatic carbocycles. The molecular weight excluding hydrogens is 395 g/mol. The van der Waals surface area contributed by atoms with E-state index in [1.165, 1.54) is 0 Å². The number of hydrogen-bond donors (Lipinski definition) is 4. The Morgan fingerprint density at radius 2 is 0.889 bits per heavy atom. The number of aliphatic hydroxyl groups is 4. The maximum absolute atomic E-state index is 10.5. The molecule has 0 saturated carbocycles. The molecular formula is C18H42Cl2N2O5. The van der Waals surface area contributed by atoms with E-state index >= 15 is 0 Å². The topological polar surface area (TPSA) is 90.2 Å². The second kappa shape index (κ2) is 13.5. The fourth-order valence-corrected chi connectivity index (χ4v) is 3.21. The lowest BCUT2D eigenvalue weighted by atomic mass is 10.0. The number of hydrogen-bond acceptors (Lipinski definition) is 5. The Morgan fingerprint density at radius 3 is 1.07 bits per heavy atom. The van der Waals surface area contributed by atoms with Crippen molar-refractivity contribution in [3.8, 4) is 0 Å². The Morgan fingerprint density at radius 1 is 0.630 bits per heavy atom. The lowest BCUT2D eigenvalue weighted by Gasteiger charge is -2.39. The number of rotatable bonds is 12. The normalized spacial score (nSPS) is 19.1. The molecule has 0 bridgehead atoms. The summed E-state index contributed by atoms with van der Waals surface area (Å²) in [5, 5.41) is 40.3. The standard InChI is InChI=1S/C18H42N2O5.2ClH/c1-13(21)9-15(19(3,4)5)17(23)11-25-12-18(24)16(10-14(2)22)20(6,7)8;;/h13-18,21-24H,9-12H2,1-8H3;2*1H/q+2;;/p-2. The monoisotopic (exact) mass is 436 g/mol. The van der Waals surface area contributed by atoms with Crippen molar-refractivity contribution < 1.29 is 58.9 Å². The minimum atomic E-state index is -0.735. The molecule has 0 aliphatic heterocycles. The number of quaternary nitrogens is 2. The molecule has 6 unspecified atom stereocenters. The number of likely N-dealkylation sites (N-methyl/N-ethyl adjacent to an activating group) is 2. The molecule has 9 heteroatoms. The lowest BCUT2D eigenvalue weighted by molar-refractivity contribution is -0.901. The molecule has 0 rings (SSSR count). The minimum absolute atomic E-state index is 0. The van der Waals surface area contributed by atoms with Crippen molar-refractivity contribution in [2.24, 2.45) is 0 Å². The van der Waals surface area contributed by atoms with Gasteiger partial charge in [-0.05, 0) is 13.8 Å². The van der Waals surface area contributed by atoms with Gasteiger partial charge in [0.05, 0.1) is 67.7 Å². The van der Waals surface area contributed by atoms with Crippen LogP contribution in [0, 0.1) is 0 Å². The van der Waals surface area contributed by atoms with Crippen LogP contribution in [0.2, 0.25) is 0 Å². The van der Waals surface area contributed by atoms with Crippen LogP contribution in [0.15, 0.2) is 0 Å². The molecule has 0 spiro atoms. The second-order valence-corrected chi connectivity index (χ2v) is 9.21. The molecule has 0 saturated heterocycles. The number of halogens is 2. The first-order valence-corrected chi connectivity index (χ1v) is 9.08. The number of aliphatic hydroxyl groups excluding tert-OH is 4. The SMILES string of the molecule is CC(O)CC(C(O)COCC(O)C(CC(C)O)[N+](C)(C)C)[N+](C)(C)C.[Cl-].[Cl-]. The largest absolute Gasteiger partial charge is 1.00 e. The van der Waals surface area contributed by atoms with E-state index in [1.54, 1.807) is 13.8 Å². The van der Waals surface area contributed by atoms with E-state index in [9.17, 15) is 20.4 Å². The van der Waals surface area contributed by atoms with Crippen molar-refractivity contribution in [3.05, 3.63) is 0 Å². The van der Waals surface area contributed by atoms with Crippen molar-refractivity contribution in [1.29, 1.82) is 0 Å². The fourth-order valence-electron chi connectivity index (χ4n) is 3.21. The summed E-state index contributed by atoms with van der Waals surface area (Å²) in [6.07, 6.45) is -1.53. The first-order chi connectivity index (χ1) is 11.2. The zero-order chi connectivity index (χ0) is 20.0. The van der Waals surface area contributed by atoms with Crippen LogP contribution in [0.1, 0.15) is 26.7 Å². The molecule has 0 fully saturated rings. The van der Waals surface area contributed by atoms with Gasteiger partial charge in [0.1, 0.15) is 24.3 Å². The smallest absolute Gasteiger partial charge is 0.129 e. The summed E-state index contributed by atoms with van der Waals surface area (Å²) in [5.41, 5.74) is 0. The van der Waals surface area contributed by atoms with E-state index in [0.717, 1.165) is 0 Å². The first kappa shape index (κ1) is 32.0. The van der Waals surface area contributed by atoms with E-state index in [4.69, 9.17) is 4.74 Å². The highest BCUT2D eigenvalue weighted by atomic mass is 35.5. The summed E-state index contributed by atoms with van der Waals surface area (Å²) in [6, 6.07) is -0.326. The third-order valence-electron chi connectivity index (χ3n) is 4.62. The summed E-state index contributed by atoms with van der Waals surface area (Å²) < 4.78 is 6.62. The fraction of sp³-hybridized carbons (Fsp3) is 1.00. The summed E-state index contributed by atoms with van der Waals surface area (Å²) in [5.74, 6) is 0. The number of ether oxygens (including phenoxy) is 1. The van der Waals surface area contributed by atoms with Crippen LogP contribution in [0.5, 0.6) is 0 Å². The van der Waals surface area contributed by atoms with Gasteiger partial charge in [-0.2, -0.15) is 0 Å². The zero-order valence-corrected chi connectivity index (χ0v) is 19.7. The predicted molar refractivity (Wildman–Crippen MR) is 99.1 cm³/mol. The van der Waals surface area contributed by atoms with E-state index in [1.807, 2.05) is 42.3 Å². The Bertz CT molecular complexity index is 340. The van der Waals surface area contributed by atoms with E-state index in [-0.39, 0.29) is 50.1 Å². The van der Waals surface area contributed by atoms with Crippen molar-refractivity contribution in [3.63, 3.8) is 0 Å². The van der Waals surface area contributed by atoms with Gasteiger partial charge < -0.3 is 58.9 Å². The lowest BCUT2D eigenvalue weighted by Crippen LogP contribution is -3.00. The molecule has 0 aromatic carbocycles. The van der Waals surface area contributed by atoms with Gasteiger partial charge in [-0.3, -0.25) is 0 Å². The highest BCUT2D eigenvalue weighted by Crippen LogP contribution is 2.17. The van der Waals surface area contributed by atoms with Gasteiger partial charge in [0.15, 0.2) is 0 Å². The Kier molecular flexibility index (Phi) is 16.0. The number of nitrogens with zero attached hydrogens (tertiary/aromatic N) is 2. The molecule has 6 atom stereocenters. The molecule has 168 valence electrons. The molecule has 7 nitrogen and oxygen atoms in total. The van der Waals surface area contributed by atoms with Crippen LogP contribution in [0.25, 0.3) is 0 Å². The Balaban J connectivity index is -0.00000288. The summed E-state index contributed by atoms with van der Waals surface area (Å²) in [7, 11) is 11.8. The molecule has 0 aliphatic rings. The van der Waals surface area contributed by atoms with Gasteiger partial charge in [0, 0.05) is 12.8 Å². The minimum Gasteiger partial charge on any atom is -1.00 e. The van der Waals surface area contributed by atoms with Crippen LogP contribution in [-0.2, 0) is 4.74 Å². The van der Waals surface area contributed by atoms with E-state index in [0.29, 0.717) is 21.8 Å². The Labute approximate surface area is 177 Å². The molecule has 4 N–H and O–H groups in total. The van der Waals surface area contributed by atoms with Gasteiger partial charge in [0.2, 0.25) is 0 Å². The van der Waals surface area contributed by atoms with Crippen molar-refractivity contribution in [2.45, 2.75) is 63.2 Å². The predicted octanol–water partition coefficient (Wildman–Crippen LogP) is -6.58. The first-order valence-electron chi connectivity index (χ1n) is 9.08. The molecule has 0 aromatic heterocycles. The van der Waals surface area contributed by atoms with Gasteiger partial charge in [0.25, 0.3) is 0 Å². The summed E-state index contributed by atoms with van der Waals surface area (Å²) in [6.45, 7) is 3.62. The molecule has 27 heavy (non-hydrogen) atoms. The highest BCUT2D eigenvalue weighted by molar-refractivity contribution is 4.74. The van der Waals surface area contributed by atoms with Gasteiger partial charge in [-0.15, -0.1) is 0 Å². The van der Waals surface area contributed by atoms with Crippen LogP contribution in [-0.4, -0.2) is 121 Å². The molecule has 0 heterocycles. The third-order valence-corrected chi connectivity index (χ3v) is 4.62. The quantitative estimate of drug-likeness (QED) is 0.228. The van der Waals surface area contributed by atoms with Crippen molar-refractivity contribution >= 4 is 0 Å². The van der Waals surface area contributed by atoms with Gasteiger partial charge in [-0.1, -0.05) is 0 Å². The maximum atomic E-state index is 10.5. The zero-order valence-electron chi connectivity index (χ0n) is 18.1. The van der Waals surface area contributed by atoms with Crippen molar-refractivity contribution in [2.75, 3.05) is 55.5 Å². The Hall–Kier alpha value is 0.300. The summed E-state index contributed by atoms with van der Waals surface area (Å²) in [4.78, 5) is 0. The third kappa shape index (κ3) is 13.2. The maximum Gasteiger partial charge on any atom is 0.129 e. The average Bonchev–Trinajstić information content (AvgIpc) is 2.39. The van der Waals surface area contributed by atoms with E-state index < -0.39 is 24.4 Å². The van der Waals surface area contributed by atoms with E-state index in [2.05, 4.69) is 0 Å². The molecule has 0 aromatic rings.